The molecule has 4 nitrogen and oxygen atoms in total. The zero-order valence-electron chi connectivity index (χ0n) is 9.14. The molecule has 0 spiro atoms. The molecule has 0 amide bonds. The molecule has 86 valence electrons. The van der Waals surface area contributed by atoms with Crippen LogP contribution in [0.15, 0.2) is 30.3 Å². The smallest absolute Gasteiger partial charge is 0.341 e. The predicted molar refractivity (Wildman–Crippen MR) is 62.3 cm³/mol. The number of carbonyl (C=O) groups excluding carboxylic acids is 2. The lowest BCUT2D eigenvalue weighted by atomic mass is 10.00. The van der Waals surface area contributed by atoms with Crippen molar-refractivity contribution in [1.82, 2.24) is 0 Å². The Bertz CT molecular complexity index is 602. The molecule has 0 aliphatic heterocycles. The predicted octanol–water partition coefficient (Wildman–Crippen LogP) is 2.14. The summed E-state index contributed by atoms with van der Waals surface area (Å²) in [6.45, 7) is 0. The first-order valence-corrected chi connectivity index (χ1v) is 4.97. The maximum atomic E-state index is 11.4. The number of benzene rings is 2. The van der Waals surface area contributed by atoms with E-state index >= 15 is 0 Å². The van der Waals surface area contributed by atoms with E-state index in [2.05, 4.69) is 4.74 Å². The number of phenols is 1. The van der Waals surface area contributed by atoms with Gasteiger partial charge in [-0.15, -0.1) is 0 Å². The highest BCUT2D eigenvalue weighted by Crippen LogP contribution is 2.30. The maximum Gasteiger partial charge on any atom is 0.341 e. The highest BCUT2D eigenvalue weighted by atomic mass is 16.5. The highest BCUT2D eigenvalue weighted by molar-refractivity contribution is 6.07. The molecule has 0 saturated heterocycles. The van der Waals surface area contributed by atoms with Gasteiger partial charge in [-0.25, -0.2) is 4.79 Å². The van der Waals surface area contributed by atoms with E-state index in [-0.39, 0.29) is 16.9 Å². The van der Waals surface area contributed by atoms with E-state index in [1.54, 1.807) is 24.3 Å². The molecule has 17 heavy (non-hydrogen) atoms. The molecule has 0 aliphatic rings. The number of fused-ring (bicyclic) bond motifs is 1. The second-order valence-corrected chi connectivity index (χ2v) is 3.52. The monoisotopic (exact) mass is 230 g/mol. The number of carbonyl (C=O) groups is 2. The van der Waals surface area contributed by atoms with E-state index in [4.69, 9.17) is 0 Å². The number of hydrogen-bond donors (Lipinski definition) is 1. The Hall–Kier alpha value is -2.36. The molecule has 0 atom stereocenters. The third-order valence-corrected chi connectivity index (χ3v) is 2.58. The number of ether oxygens (including phenoxy) is 1. The number of phenolic OH excluding ortho intramolecular Hbond substituents is 1. The van der Waals surface area contributed by atoms with E-state index in [9.17, 15) is 14.7 Å². The SMILES string of the molecule is COC(=O)c1cc2ccccc2c(C=O)c1O. The van der Waals surface area contributed by atoms with Crippen molar-refractivity contribution >= 4 is 23.0 Å². The molecule has 2 aromatic carbocycles. The molecule has 0 heterocycles. The number of esters is 1. The fourth-order valence-corrected chi connectivity index (χ4v) is 1.75. The van der Waals surface area contributed by atoms with Crippen LogP contribution in [0.1, 0.15) is 20.7 Å². The first-order chi connectivity index (χ1) is 8.19. The van der Waals surface area contributed by atoms with Crippen molar-refractivity contribution in [3.05, 3.63) is 41.5 Å². The van der Waals surface area contributed by atoms with Crippen LogP contribution in [-0.2, 0) is 4.74 Å². The average Bonchev–Trinajstić information content (AvgIpc) is 2.37. The van der Waals surface area contributed by atoms with Crippen LogP contribution in [0.2, 0.25) is 0 Å². The topological polar surface area (TPSA) is 63.6 Å². The molecule has 2 rings (SSSR count). The van der Waals surface area contributed by atoms with Gasteiger partial charge in [-0.1, -0.05) is 24.3 Å². The molecular formula is C13H10O4. The van der Waals surface area contributed by atoms with Crippen LogP contribution in [0.4, 0.5) is 0 Å². The zero-order valence-corrected chi connectivity index (χ0v) is 9.14. The summed E-state index contributed by atoms with van der Waals surface area (Å²) in [6, 6.07) is 8.51. The van der Waals surface area contributed by atoms with Crippen LogP contribution in [0.25, 0.3) is 10.8 Å². The summed E-state index contributed by atoms with van der Waals surface area (Å²) in [6.07, 6.45) is 0.532. The first-order valence-electron chi connectivity index (χ1n) is 4.97. The minimum Gasteiger partial charge on any atom is -0.506 e. The number of rotatable bonds is 2. The molecule has 4 heteroatoms. The molecule has 0 aromatic heterocycles. The first kappa shape index (κ1) is 11.1. The highest BCUT2D eigenvalue weighted by Gasteiger charge is 2.17. The van der Waals surface area contributed by atoms with E-state index in [1.807, 2.05) is 0 Å². The van der Waals surface area contributed by atoms with Crippen molar-refractivity contribution in [2.24, 2.45) is 0 Å². The van der Waals surface area contributed by atoms with Crippen LogP contribution >= 0.6 is 0 Å². The van der Waals surface area contributed by atoms with Crippen molar-refractivity contribution in [2.45, 2.75) is 0 Å². The van der Waals surface area contributed by atoms with E-state index < -0.39 is 5.97 Å². The van der Waals surface area contributed by atoms with Gasteiger partial charge in [-0.05, 0) is 16.8 Å². The average molecular weight is 230 g/mol. The van der Waals surface area contributed by atoms with Crippen molar-refractivity contribution in [2.75, 3.05) is 7.11 Å². The molecule has 0 radical (unpaired) electrons. The van der Waals surface area contributed by atoms with Gasteiger partial charge in [0.1, 0.15) is 11.3 Å². The summed E-state index contributed by atoms with van der Waals surface area (Å²) in [5, 5.41) is 11.2. The van der Waals surface area contributed by atoms with E-state index in [1.165, 1.54) is 13.2 Å². The van der Waals surface area contributed by atoms with Gasteiger partial charge in [-0.3, -0.25) is 4.79 Å². The molecule has 0 fully saturated rings. The minimum atomic E-state index is -0.670. The number of methoxy groups -OCH3 is 1. The van der Waals surface area contributed by atoms with Crippen LogP contribution in [-0.4, -0.2) is 24.5 Å². The lowest BCUT2D eigenvalue weighted by Gasteiger charge is -2.08. The third-order valence-electron chi connectivity index (χ3n) is 2.58. The van der Waals surface area contributed by atoms with Crippen molar-refractivity contribution < 1.29 is 19.4 Å². The maximum absolute atomic E-state index is 11.4. The molecule has 2 aromatic rings. The van der Waals surface area contributed by atoms with Crippen LogP contribution < -0.4 is 0 Å². The summed E-state index contributed by atoms with van der Waals surface area (Å²) in [5.41, 5.74) is 0.0943. The normalized spacial score (nSPS) is 10.2. The quantitative estimate of drug-likeness (QED) is 0.634. The Morgan fingerprint density at radius 1 is 1.35 bits per heavy atom. The fraction of sp³-hybridized carbons (Fsp3) is 0.0769. The molecule has 0 saturated carbocycles. The van der Waals surface area contributed by atoms with Gasteiger partial charge in [-0.2, -0.15) is 0 Å². The van der Waals surface area contributed by atoms with Crippen molar-refractivity contribution in [1.29, 1.82) is 0 Å². The summed E-state index contributed by atoms with van der Waals surface area (Å²) < 4.78 is 4.55. The Balaban J connectivity index is 2.84. The zero-order chi connectivity index (χ0) is 12.4. The van der Waals surface area contributed by atoms with Crippen LogP contribution in [0.5, 0.6) is 5.75 Å². The molecule has 0 unspecified atom stereocenters. The van der Waals surface area contributed by atoms with Gasteiger partial charge in [0.05, 0.1) is 12.7 Å². The lowest BCUT2D eigenvalue weighted by molar-refractivity contribution is 0.0597. The molecular weight excluding hydrogens is 220 g/mol. The van der Waals surface area contributed by atoms with Gasteiger partial charge in [0.2, 0.25) is 0 Å². The second-order valence-electron chi connectivity index (χ2n) is 3.52. The van der Waals surface area contributed by atoms with Gasteiger partial charge < -0.3 is 9.84 Å². The molecule has 0 aliphatic carbocycles. The fourth-order valence-electron chi connectivity index (χ4n) is 1.75. The summed E-state index contributed by atoms with van der Waals surface area (Å²) in [4.78, 5) is 22.4. The third kappa shape index (κ3) is 1.73. The van der Waals surface area contributed by atoms with E-state index in [0.717, 1.165) is 0 Å². The van der Waals surface area contributed by atoms with Crippen LogP contribution in [0, 0.1) is 0 Å². The van der Waals surface area contributed by atoms with Crippen LogP contribution in [0.3, 0.4) is 0 Å². The number of hydrogen-bond acceptors (Lipinski definition) is 4. The van der Waals surface area contributed by atoms with Gasteiger partial charge in [0, 0.05) is 0 Å². The summed E-state index contributed by atoms with van der Waals surface area (Å²) in [7, 11) is 1.22. The number of aromatic hydroxyl groups is 1. The standard InChI is InChI=1S/C13H10O4/c1-17-13(16)10-6-8-4-2-3-5-9(8)11(7-14)12(10)15/h2-7,15H,1H3. The van der Waals surface area contributed by atoms with Crippen molar-refractivity contribution in [3.8, 4) is 5.75 Å². The summed E-state index contributed by atoms with van der Waals surface area (Å²) in [5.74, 6) is -1.01. The van der Waals surface area contributed by atoms with Gasteiger partial charge in [0.15, 0.2) is 6.29 Å². The molecule has 0 bridgehead atoms. The van der Waals surface area contributed by atoms with Gasteiger partial charge >= 0.3 is 5.97 Å². The second kappa shape index (κ2) is 4.25. The largest absolute Gasteiger partial charge is 0.506 e. The Morgan fingerprint density at radius 2 is 2.06 bits per heavy atom. The lowest BCUT2D eigenvalue weighted by Crippen LogP contribution is -2.03. The number of aldehydes is 1. The van der Waals surface area contributed by atoms with Crippen molar-refractivity contribution in [3.63, 3.8) is 0 Å². The summed E-state index contributed by atoms with van der Waals surface area (Å²) >= 11 is 0. The minimum absolute atomic E-state index is 0.00620. The Morgan fingerprint density at radius 3 is 2.71 bits per heavy atom. The Labute approximate surface area is 97.4 Å². The van der Waals surface area contributed by atoms with E-state index in [0.29, 0.717) is 17.1 Å². The molecule has 1 N–H and O–H groups in total. The Kier molecular flexibility index (Phi) is 2.78. The van der Waals surface area contributed by atoms with Gasteiger partial charge in [0.25, 0.3) is 0 Å².